The van der Waals surface area contributed by atoms with Gasteiger partial charge in [-0.25, -0.2) is 17.6 Å². The van der Waals surface area contributed by atoms with Crippen molar-refractivity contribution in [2.75, 3.05) is 0 Å². The van der Waals surface area contributed by atoms with E-state index in [0.29, 0.717) is 11.5 Å². The Labute approximate surface area is 195 Å². The van der Waals surface area contributed by atoms with Crippen LogP contribution in [0.2, 0.25) is 0 Å². The standard InChI is InChI=1S/C29H36F4/c1-3-19-4-8-21(9-5-19)18(2)14-20-6-10-22(11-7-20)24-16-27(32)29(28(33)17-24)23-12-13-25(30)26(31)15-23/h12-13,15-22H,3-11,14H2,1-2H3. The molecule has 33 heavy (non-hydrogen) atoms. The molecule has 0 spiro atoms. The number of halogens is 4. The van der Waals surface area contributed by atoms with Gasteiger partial charge in [-0.2, -0.15) is 0 Å². The molecule has 0 bridgehead atoms. The summed E-state index contributed by atoms with van der Waals surface area (Å²) < 4.78 is 56.4. The molecular weight excluding hydrogens is 424 g/mol. The predicted molar refractivity (Wildman–Crippen MR) is 126 cm³/mol. The summed E-state index contributed by atoms with van der Waals surface area (Å²) in [5.74, 6) is -0.165. The highest BCUT2D eigenvalue weighted by Crippen LogP contribution is 2.43. The van der Waals surface area contributed by atoms with Gasteiger partial charge in [0.25, 0.3) is 0 Å². The molecule has 0 heterocycles. The average Bonchev–Trinajstić information content (AvgIpc) is 2.81. The first-order valence-corrected chi connectivity index (χ1v) is 12.8. The first kappa shape index (κ1) is 24.3. The van der Waals surface area contributed by atoms with Crippen molar-refractivity contribution in [1.29, 1.82) is 0 Å². The molecule has 0 saturated heterocycles. The third-order valence-electron chi connectivity index (χ3n) is 8.57. The van der Waals surface area contributed by atoms with Crippen LogP contribution in [-0.4, -0.2) is 0 Å². The summed E-state index contributed by atoms with van der Waals surface area (Å²) >= 11 is 0. The lowest BCUT2D eigenvalue weighted by Gasteiger charge is -2.35. The summed E-state index contributed by atoms with van der Waals surface area (Å²) in [6, 6.07) is 5.73. The lowest BCUT2D eigenvalue weighted by atomic mass is 9.70. The van der Waals surface area contributed by atoms with Gasteiger partial charge in [0.05, 0.1) is 5.56 Å². The molecule has 2 aliphatic rings. The average molecular weight is 461 g/mol. The first-order chi connectivity index (χ1) is 15.9. The molecule has 2 saturated carbocycles. The molecule has 1 unspecified atom stereocenters. The van der Waals surface area contributed by atoms with Crippen LogP contribution in [0.3, 0.4) is 0 Å². The molecule has 2 aliphatic carbocycles. The Morgan fingerprint density at radius 1 is 0.727 bits per heavy atom. The minimum Gasteiger partial charge on any atom is -0.206 e. The molecule has 1 atom stereocenters. The Morgan fingerprint density at radius 2 is 1.33 bits per heavy atom. The first-order valence-electron chi connectivity index (χ1n) is 12.8. The van der Waals surface area contributed by atoms with Crippen molar-refractivity contribution in [3.05, 3.63) is 59.2 Å². The van der Waals surface area contributed by atoms with Gasteiger partial charge in [0.2, 0.25) is 0 Å². The van der Waals surface area contributed by atoms with E-state index in [1.165, 1.54) is 56.7 Å². The van der Waals surface area contributed by atoms with E-state index in [0.717, 1.165) is 55.6 Å². The van der Waals surface area contributed by atoms with Crippen molar-refractivity contribution in [3.8, 4) is 11.1 Å². The fraction of sp³-hybridized carbons (Fsp3) is 0.586. The monoisotopic (exact) mass is 460 g/mol. The van der Waals surface area contributed by atoms with Gasteiger partial charge in [0.1, 0.15) is 11.6 Å². The third kappa shape index (κ3) is 5.63. The Kier molecular flexibility index (Phi) is 7.81. The molecule has 0 aliphatic heterocycles. The summed E-state index contributed by atoms with van der Waals surface area (Å²) in [5, 5.41) is 0. The molecule has 0 amide bonds. The second-order valence-corrected chi connectivity index (χ2v) is 10.6. The van der Waals surface area contributed by atoms with E-state index in [-0.39, 0.29) is 17.0 Å². The highest BCUT2D eigenvalue weighted by Gasteiger charge is 2.29. The van der Waals surface area contributed by atoms with Crippen molar-refractivity contribution in [2.24, 2.45) is 23.7 Å². The Morgan fingerprint density at radius 3 is 1.91 bits per heavy atom. The van der Waals surface area contributed by atoms with Crippen molar-refractivity contribution in [1.82, 2.24) is 0 Å². The number of hydrogen-bond donors (Lipinski definition) is 0. The highest BCUT2D eigenvalue weighted by atomic mass is 19.2. The van der Waals surface area contributed by atoms with Gasteiger partial charge in [-0.1, -0.05) is 39.2 Å². The van der Waals surface area contributed by atoms with Gasteiger partial charge >= 0.3 is 0 Å². The molecule has 2 fully saturated rings. The highest BCUT2D eigenvalue weighted by molar-refractivity contribution is 5.65. The SMILES string of the molecule is CCC1CCC(C(C)CC2CCC(c3cc(F)c(-c4ccc(F)c(F)c4)c(F)c3)CC2)CC1. The normalized spacial score (nSPS) is 26.8. The van der Waals surface area contributed by atoms with Crippen molar-refractivity contribution < 1.29 is 17.6 Å². The van der Waals surface area contributed by atoms with Gasteiger partial charge in [0, 0.05) is 0 Å². The van der Waals surface area contributed by atoms with E-state index in [1.54, 1.807) is 0 Å². The molecule has 0 N–H and O–H groups in total. The van der Waals surface area contributed by atoms with E-state index in [4.69, 9.17) is 0 Å². The summed E-state index contributed by atoms with van der Waals surface area (Å²) in [4.78, 5) is 0. The maximum Gasteiger partial charge on any atom is 0.159 e. The van der Waals surface area contributed by atoms with Gasteiger partial charge in [-0.3, -0.25) is 0 Å². The zero-order valence-electron chi connectivity index (χ0n) is 19.9. The lowest BCUT2D eigenvalue weighted by Crippen LogP contribution is -2.23. The summed E-state index contributed by atoms with van der Waals surface area (Å²) in [5.41, 5.74) is 0.403. The Hall–Kier alpha value is -1.84. The summed E-state index contributed by atoms with van der Waals surface area (Å²) in [6.45, 7) is 4.73. The Bertz CT molecular complexity index is 914. The van der Waals surface area contributed by atoms with Crippen LogP contribution in [-0.2, 0) is 0 Å². The molecular formula is C29H36F4. The lowest BCUT2D eigenvalue weighted by molar-refractivity contribution is 0.172. The quantitative estimate of drug-likeness (QED) is 0.377. The van der Waals surface area contributed by atoms with Crippen LogP contribution >= 0.6 is 0 Å². The summed E-state index contributed by atoms with van der Waals surface area (Å²) in [6.07, 6.45) is 12.2. The van der Waals surface area contributed by atoms with E-state index < -0.39 is 23.3 Å². The van der Waals surface area contributed by atoms with E-state index in [2.05, 4.69) is 13.8 Å². The van der Waals surface area contributed by atoms with Crippen molar-refractivity contribution >= 4 is 0 Å². The smallest absolute Gasteiger partial charge is 0.159 e. The van der Waals surface area contributed by atoms with Crippen molar-refractivity contribution in [3.63, 3.8) is 0 Å². The molecule has 2 aromatic rings. The molecule has 2 aromatic carbocycles. The summed E-state index contributed by atoms with van der Waals surface area (Å²) in [7, 11) is 0. The number of hydrogen-bond acceptors (Lipinski definition) is 0. The largest absolute Gasteiger partial charge is 0.206 e. The zero-order chi connectivity index (χ0) is 23.5. The van der Waals surface area contributed by atoms with Crippen LogP contribution < -0.4 is 0 Å². The topological polar surface area (TPSA) is 0 Å². The molecule has 4 rings (SSSR count). The predicted octanol–water partition coefficient (Wildman–Crippen LogP) is 9.43. The van der Waals surface area contributed by atoms with Crippen molar-refractivity contribution in [2.45, 2.75) is 84.0 Å². The second-order valence-electron chi connectivity index (χ2n) is 10.6. The van der Waals surface area contributed by atoms with E-state index in [9.17, 15) is 17.6 Å². The van der Waals surface area contributed by atoms with Crippen LogP contribution in [0.5, 0.6) is 0 Å². The maximum atomic E-state index is 14.8. The van der Waals surface area contributed by atoms with Crippen LogP contribution in [0.15, 0.2) is 30.3 Å². The molecule has 4 heteroatoms. The molecule has 0 aromatic heterocycles. The Balaban J connectivity index is 1.35. The fourth-order valence-electron chi connectivity index (χ4n) is 6.37. The maximum absolute atomic E-state index is 14.8. The zero-order valence-corrected chi connectivity index (χ0v) is 19.9. The minimum absolute atomic E-state index is 0.0149. The van der Waals surface area contributed by atoms with E-state index in [1.807, 2.05) is 0 Å². The van der Waals surface area contributed by atoms with Crippen LogP contribution in [0, 0.1) is 46.9 Å². The van der Waals surface area contributed by atoms with Gasteiger partial charge in [-0.05, 0) is 110 Å². The molecule has 0 radical (unpaired) electrons. The molecule has 180 valence electrons. The van der Waals surface area contributed by atoms with Gasteiger partial charge in [-0.15, -0.1) is 0 Å². The second kappa shape index (κ2) is 10.6. The third-order valence-corrected chi connectivity index (χ3v) is 8.57. The van der Waals surface area contributed by atoms with Gasteiger partial charge < -0.3 is 0 Å². The number of rotatable bonds is 6. The fourth-order valence-corrected chi connectivity index (χ4v) is 6.37. The van der Waals surface area contributed by atoms with E-state index >= 15 is 0 Å². The van der Waals surface area contributed by atoms with Crippen LogP contribution in [0.25, 0.3) is 11.1 Å². The minimum atomic E-state index is -1.11. The molecule has 0 nitrogen and oxygen atoms in total. The number of benzene rings is 2. The van der Waals surface area contributed by atoms with Crippen LogP contribution in [0.4, 0.5) is 17.6 Å². The van der Waals surface area contributed by atoms with Gasteiger partial charge in [0.15, 0.2) is 11.6 Å². The van der Waals surface area contributed by atoms with Crippen LogP contribution in [0.1, 0.15) is 89.5 Å².